The van der Waals surface area contributed by atoms with E-state index in [4.69, 9.17) is 21.1 Å². The highest BCUT2D eigenvalue weighted by molar-refractivity contribution is 6.30. The van der Waals surface area contributed by atoms with Gasteiger partial charge in [-0.15, -0.1) is 0 Å². The zero-order valence-electron chi connectivity index (χ0n) is 11.2. The van der Waals surface area contributed by atoms with Crippen molar-refractivity contribution >= 4 is 17.6 Å². The average molecular weight is 281 g/mol. The van der Waals surface area contributed by atoms with Crippen LogP contribution in [0.4, 0.5) is 0 Å². The summed E-state index contributed by atoms with van der Waals surface area (Å²) in [6.07, 6.45) is 1.27. The maximum atomic E-state index is 11.7. The number of hydrogen-bond donors (Lipinski definition) is 0. The number of carbonyl (C=O) groups is 1. The summed E-state index contributed by atoms with van der Waals surface area (Å²) in [6, 6.07) is 7.50. The molecule has 0 aliphatic carbocycles. The van der Waals surface area contributed by atoms with Crippen LogP contribution >= 0.6 is 11.6 Å². The molecule has 1 aromatic carbocycles. The standard InChI is InChI=1S/C15H17ClO3/c1-9-8-10(2)14(15(17)18-3)19-13(9)11-4-6-12(16)7-5-11/h4-9,13-14H,1-3H3/t9-,13-,14+/m0/s1. The normalized spacial score (nSPS) is 26.7. The summed E-state index contributed by atoms with van der Waals surface area (Å²) >= 11 is 5.88. The molecule has 0 bridgehead atoms. The van der Waals surface area contributed by atoms with Crippen molar-refractivity contribution in [1.29, 1.82) is 0 Å². The molecule has 1 aliphatic heterocycles. The van der Waals surface area contributed by atoms with Gasteiger partial charge in [-0.3, -0.25) is 0 Å². The van der Waals surface area contributed by atoms with E-state index in [0.717, 1.165) is 11.1 Å². The lowest BCUT2D eigenvalue weighted by molar-refractivity contribution is -0.157. The van der Waals surface area contributed by atoms with Crippen LogP contribution in [0.1, 0.15) is 25.5 Å². The number of rotatable bonds is 2. The molecule has 1 heterocycles. The van der Waals surface area contributed by atoms with Crippen LogP contribution < -0.4 is 0 Å². The van der Waals surface area contributed by atoms with Crippen LogP contribution in [0, 0.1) is 5.92 Å². The molecule has 1 aromatic rings. The molecule has 0 radical (unpaired) electrons. The maximum absolute atomic E-state index is 11.7. The molecule has 0 unspecified atom stereocenters. The van der Waals surface area contributed by atoms with Crippen LogP contribution in [0.25, 0.3) is 0 Å². The third-order valence-corrected chi connectivity index (χ3v) is 3.57. The fraction of sp³-hybridized carbons (Fsp3) is 0.400. The Morgan fingerprint density at radius 2 is 1.95 bits per heavy atom. The first-order valence-electron chi connectivity index (χ1n) is 6.20. The van der Waals surface area contributed by atoms with E-state index in [1.807, 2.05) is 31.2 Å². The van der Waals surface area contributed by atoms with Gasteiger partial charge in [0.2, 0.25) is 0 Å². The van der Waals surface area contributed by atoms with Gasteiger partial charge in [0.25, 0.3) is 0 Å². The van der Waals surface area contributed by atoms with Gasteiger partial charge < -0.3 is 9.47 Å². The largest absolute Gasteiger partial charge is 0.467 e. The number of benzene rings is 1. The quantitative estimate of drug-likeness (QED) is 0.614. The summed E-state index contributed by atoms with van der Waals surface area (Å²) in [5.41, 5.74) is 1.90. The zero-order valence-corrected chi connectivity index (χ0v) is 12.0. The van der Waals surface area contributed by atoms with Crippen molar-refractivity contribution in [2.75, 3.05) is 7.11 Å². The van der Waals surface area contributed by atoms with Crippen molar-refractivity contribution < 1.29 is 14.3 Å². The second kappa shape index (κ2) is 5.76. The Morgan fingerprint density at radius 1 is 1.32 bits per heavy atom. The molecule has 4 heteroatoms. The number of carbonyl (C=O) groups excluding carboxylic acids is 1. The Morgan fingerprint density at radius 3 is 2.53 bits per heavy atom. The summed E-state index contributed by atoms with van der Waals surface area (Å²) < 4.78 is 10.7. The van der Waals surface area contributed by atoms with Crippen molar-refractivity contribution in [3.8, 4) is 0 Å². The monoisotopic (exact) mass is 280 g/mol. The summed E-state index contributed by atoms with van der Waals surface area (Å²) in [5, 5.41) is 0.684. The zero-order chi connectivity index (χ0) is 14.0. The van der Waals surface area contributed by atoms with Crippen molar-refractivity contribution in [2.45, 2.75) is 26.1 Å². The fourth-order valence-corrected chi connectivity index (χ4v) is 2.48. The SMILES string of the molecule is COC(=O)[C@@H]1O[C@H](c2ccc(Cl)cc2)[C@@H](C)C=C1C. The Kier molecular flexibility index (Phi) is 4.27. The van der Waals surface area contributed by atoms with Gasteiger partial charge in [0.05, 0.1) is 13.2 Å². The lowest BCUT2D eigenvalue weighted by Gasteiger charge is -2.32. The molecule has 2 rings (SSSR count). The molecule has 102 valence electrons. The molecular formula is C15H17ClO3. The van der Waals surface area contributed by atoms with Crippen molar-refractivity contribution in [1.82, 2.24) is 0 Å². The Hall–Kier alpha value is -1.32. The molecule has 0 fully saturated rings. The molecule has 0 saturated carbocycles. The van der Waals surface area contributed by atoms with Gasteiger partial charge in [0.15, 0.2) is 6.10 Å². The Balaban J connectivity index is 2.27. The van der Waals surface area contributed by atoms with Crippen LogP contribution in [-0.2, 0) is 14.3 Å². The second-order valence-corrected chi connectivity index (χ2v) is 5.22. The predicted octanol–water partition coefficient (Wildman–Crippen LogP) is 3.54. The van der Waals surface area contributed by atoms with Gasteiger partial charge in [-0.25, -0.2) is 4.79 Å². The minimum Gasteiger partial charge on any atom is -0.467 e. The van der Waals surface area contributed by atoms with Crippen LogP contribution in [-0.4, -0.2) is 19.2 Å². The van der Waals surface area contributed by atoms with Crippen LogP contribution in [0.15, 0.2) is 35.9 Å². The molecule has 0 amide bonds. The first kappa shape index (κ1) is 14.1. The van der Waals surface area contributed by atoms with E-state index in [0.29, 0.717) is 5.02 Å². The van der Waals surface area contributed by atoms with E-state index in [-0.39, 0.29) is 18.0 Å². The lowest BCUT2D eigenvalue weighted by atomic mass is 9.91. The third kappa shape index (κ3) is 2.99. The number of esters is 1. The highest BCUT2D eigenvalue weighted by Crippen LogP contribution is 2.35. The topological polar surface area (TPSA) is 35.5 Å². The Bertz CT molecular complexity index is 493. The number of halogens is 1. The fourth-order valence-electron chi connectivity index (χ4n) is 2.35. The summed E-state index contributed by atoms with van der Waals surface area (Å²) in [4.78, 5) is 11.7. The van der Waals surface area contributed by atoms with E-state index in [2.05, 4.69) is 13.0 Å². The van der Waals surface area contributed by atoms with Gasteiger partial charge in [-0.1, -0.05) is 36.7 Å². The minimum atomic E-state index is -0.623. The highest BCUT2D eigenvalue weighted by Gasteiger charge is 2.33. The maximum Gasteiger partial charge on any atom is 0.339 e. The Labute approximate surface area is 118 Å². The predicted molar refractivity (Wildman–Crippen MR) is 74.0 cm³/mol. The van der Waals surface area contributed by atoms with Crippen molar-refractivity contribution in [3.05, 3.63) is 46.5 Å². The lowest BCUT2D eigenvalue weighted by Crippen LogP contribution is -2.34. The summed E-state index contributed by atoms with van der Waals surface area (Å²) in [7, 11) is 1.37. The van der Waals surface area contributed by atoms with Gasteiger partial charge in [-0.2, -0.15) is 0 Å². The van der Waals surface area contributed by atoms with Crippen LogP contribution in [0.3, 0.4) is 0 Å². The molecule has 0 saturated heterocycles. The number of ether oxygens (including phenoxy) is 2. The molecule has 3 atom stereocenters. The summed E-state index contributed by atoms with van der Waals surface area (Å²) in [6.45, 7) is 3.95. The van der Waals surface area contributed by atoms with Crippen LogP contribution in [0.5, 0.6) is 0 Å². The van der Waals surface area contributed by atoms with Gasteiger partial charge in [0.1, 0.15) is 0 Å². The smallest absolute Gasteiger partial charge is 0.339 e. The van der Waals surface area contributed by atoms with Gasteiger partial charge in [0, 0.05) is 10.9 Å². The molecule has 19 heavy (non-hydrogen) atoms. The van der Waals surface area contributed by atoms with E-state index >= 15 is 0 Å². The number of hydrogen-bond acceptors (Lipinski definition) is 3. The van der Waals surface area contributed by atoms with E-state index < -0.39 is 6.10 Å². The van der Waals surface area contributed by atoms with Gasteiger partial charge >= 0.3 is 5.97 Å². The number of methoxy groups -OCH3 is 1. The van der Waals surface area contributed by atoms with Crippen molar-refractivity contribution in [3.63, 3.8) is 0 Å². The molecule has 0 N–H and O–H groups in total. The van der Waals surface area contributed by atoms with Crippen molar-refractivity contribution in [2.24, 2.45) is 5.92 Å². The van der Waals surface area contributed by atoms with Gasteiger partial charge in [-0.05, 0) is 30.2 Å². The van der Waals surface area contributed by atoms with Crippen LogP contribution in [0.2, 0.25) is 5.02 Å². The highest BCUT2D eigenvalue weighted by atomic mass is 35.5. The molecule has 0 aromatic heterocycles. The summed E-state index contributed by atoms with van der Waals surface area (Å²) in [5.74, 6) is -0.165. The van der Waals surface area contributed by atoms with E-state index in [9.17, 15) is 4.79 Å². The van der Waals surface area contributed by atoms with E-state index in [1.54, 1.807) is 0 Å². The molecule has 3 nitrogen and oxygen atoms in total. The first-order valence-corrected chi connectivity index (χ1v) is 6.57. The average Bonchev–Trinajstić information content (AvgIpc) is 2.39. The second-order valence-electron chi connectivity index (χ2n) is 4.78. The first-order chi connectivity index (χ1) is 9.02. The third-order valence-electron chi connectivity index (χ3n) is 3.31. The molecule has 0 spiro atoms. The van der Waals surface area contributed by atoms with E-state index in [1.165, 1.54) is 7.11 Å². The molecule has 1 aliphatic rings. The molecular weight excluding hydrogens is 264 g/mol. The minimum absolute atomic E-state index is 0.162.